The fraction of sp³-hybridized carbons (Fsp3) is 0.821. The van der Waals surface area contributed by atoms with Gasteiger partial charge in [-0.25, -0.2) is 9.59 Å². The minimum Gasteiger partial charge on any atom is -0.544 e. The van der Waals surface area contributed by atoms with Gasteiger partial charge in [0.2, 0.25) is 0 Å². The van der Waals surface area contributed by atoms with E-state index >= 15 is 0 Å². The highest BCUT2D eigenvalue weighted by molar-refractivity contribution is 5.76. The normalized spacial score (nSPS) is 16.0. The van der Waals surface area contributed by atoms with Gasteiger partial charge in [0.1, 0.15) is 6.04 Å². The maximum Gasteiger partial charge on any atom is 0.362 e. The van der Waals surface area contributed by atoms with Gasteiger partial charge in [0.05, 0.1) is 12.5 Å². The molecule has 0 aromatic heterocycles. The van der Waals surface area contributed by atoms with Crippen molar-refractivity contribution in [2.75, 3.05) is 6.54 Å². The molecule has 0 rings (SSSR count). The summed E-state index contributed by atoms with van der Waals surface area (Å²) in [5.74, 6) is -3.84. The summed E-state index contributed by atoms with van der Waals surface area (Å²) in [6.45, 7) is 6.54. The van der Waals surface area contributed by atoms with Gasteiger partial charge in [-0.2, -0.15) is 0 Å². The minimum absolute atomic E-state index is 0.165. The molecule has 0 saturated carbocycles. The van der Waals surface area contributed by atoms with Gasteiger partial charge in [0.25, 0.3) is 0 Å². The van der Waals surface area contributed by atoms with Gasteiger partial charge in [0, 0.05) is 0 Å². The first-order chi connectivity index (χ1) is 16.6. The van der Waals surface area contributed by atoms with Crippen LogP contribution in [0, 0.1) is 0 Å². The molecule has 0 saturated heterocycles. The van der Waals surface area contributed by atoms with E-state index in [-0.39, 0.29) is 6.54 Å². The molecule has 0 amide bonds. The zero-order chi connectivity index (χ0) is 26.7. The second kappa shape index (κ2) is 19.3. The number of carbonyl (C=O) groups is 3. The molecule has 35 heavy (non-hydrogen) atoms. The number of nitrogens with zero attached hydrogens (tertiary/aromatic N) is 1. The van der Waals surface area contributed by atoms with Crippen LogP contribution in [0.3, 0.4) is 0 Å². The lowest BCUT2D eigenvalue weighted by Crippen LogP contribution is -2.72. The summed E-state index contributed by atoms with van der Waals surface area (Å²) in [6, 6.07) is -3.59. The van der Waals surface area contributed by atoms with E-state index in [9.17, 15) is 29.7 Å². The van der Waals surface area contributed by atoms with E-state index in [0.29, 0.717) is 6.42 Å². The Morgan fingerprint density at radius 3 is 1.40 bits per heavy atom. The van der Waals surface area contributed by atoms with Crippen molar-refractivity contribution < 1.29 is 34.2 Å². The second-order valence-corrected chi connectivity index (χ2v) is 10.0. The Bertz CT molecular complexity index is 583. The van der Waals surface area contributed by atoms with Crippen molar-refractivity contribution in [1.82, 2.24) is 0 Å². The number of carboxylic acids is 3. The SMILES string of the molecule is CCCCCCCCCCCC/C=C/CCCCC[N+](C(C)C(=O)[O-])(C(C)C(=O)O)C(C)C(=O)O. The van der Waals surface area contributed by atoms with Gasteiger partial charge in [-0.15, -0.1) is 0 Å². The van der Waals surface area contributed by atoms with Gasteiger partial charge in [-0.05, 0) is 59.3 Å². The lowest BCUT2D eigenvalue weighted by Gasteiger charge is -2.49. The smallest absolute Gasteiger partial charge is 0.362 e. The van der Waals surface area contributed by atoms with E-state index in [2.05, 4.69) is 19.1 Å². The minimum atomic E-state index is -1.43. The Morgan fingerprint density at radius 2 is 1.03 bits per heavy atom. The number of carboxylic acid groups (broad SMARTS) is 3. The zero-order valence-corrected chi connectivity index (χ0v) is 22.7. The summed E-state index contributed by atoms with van der Waals surface area (Å²) in [5.41, 5.74) is 0. The predicted molar refractivity (Wildman–Crippen MR) is 138 cm³/mol. The molecule has 0 aromatic carbocycles. The van der Waals surface area contributed by atoms with Crippen molar-refractivity contribution in [2.45, 2.75) is 142 Å². The van der Waals surface area contributed by atoms with Gasteiger partial charge in [0.15, 0.2) is 12.1 Å². The highest BCUT2D eigenvalue weighted by Gasteiger charge is 2.50. The van der Waals surface area contributed by atoms with E-state index in [1.54, 1.807) is 0 Å². The molecule has 0 radical (unpaired) electrons. The predicted octanol–water partition coefficient (Wildman–Crippen LogP) is 5.32. The summed E-state index contributed by atoms with van der Waals surface area (Å²) < 4.78 is -0.554. The third kappa shape index (κ3) is 12.6. The maximum absolute atomic E-state index is 11.8. The molecule has 0 heterocycles. The molecular formula is C28H51NO6. The fourth-order valence-electron chi connectivity index (χ4n) is 5.00. The molecule has 204 valence electrons. The van der Waals surface area contributed by atoms with Crippen molar-refractivity contribution in [2.24, 2.45) is 0 Å². The van der Waals surface area contributed by atoms with Gasteiger partial charge in [-0.1, -0.05) is 76.9 Å². The zero-order valence-electron chi connectivity index (χ0n) is 22.7. The van der Waals surface area contributed by atoms with Crippen LogP contribution in [0.25, 0.3) is 0 Å². The van der Waals surface area contributed by atoms with Crippen LogP contribution in [0.1, 0.15) is 124 Å². The van der Waals surface area contributed by atoms with E-state index in [4.69, 9.17) is 0 Å². The molecule has 3 atom stereocenters. The molecule has 0 bridgehead atoms. The van der Waals surface area contributed by atoms with Crippen LogP contribution in [-0.4, -0.2) is 57.3 Å². The molecule has 7 heteroatoms. The average molecular weight is 498 g/mol. The topological polar surface area (TPSA) is 115 Å². The molecule has 0 aliphatic carbocycles. The molecule has 0 aromatic rings. The first-order valence-corrected chi connectivity index (χ1v) is 13.8. The van der Waals surface area contributed by atoms with Crippen molar-refractivity contribution in [3.63, 3.8) is 0 Å². The Kier molecular flexibility index (Phi) is 18.3. The molecule has 2 N–H and O–H groups in total. The number of hydrogen-bond donors (Lipinski definition) is 2. The largest absolute Gasteiger partial charge is 0.544 e. The van der Waals surface area contributed by atoms with Crippen molar-refractivity contribution >= 4 is 17.9 Å². The quantitative estimate of drug-likeness (QED) is 0.112. The second-order valence-electron chi connectivity index (χ2n) is 10.0. The lowest BCUT2D eigenvalue weighted by molar-refractivity contribution is -0.969. The van der Waals surface area contributed by atoms with Gasteiger partial charge >= 0.3 is 11.9 Å². The average Bonchev–Trinajstić information content (AvgIpc) is 2.82. The number of hydrogen-bond acceptors (Lipinski definition) is 4. The lowest BCUT2D eigenvalue weighted by atomic mass is 10.00. The Balaban J connectivity index is 4.34. The molecule has 0 aliphatic rings. The number of rotatable bonds is 23. The van der Waals surface area contributed by atoms with Crippen LogP contribution in [0.5, 0.6) is 0 Å². The van der Waals surface area contributed by atoms with Gasteiger partial charge < -0.3 is 20.1 Å². The van der Waals surface area contributed by atoms with Crippen LogP contribution >= 0.6 is 0 Å². The number of aliphatic carboxylic acids is 3. The van der Waals surface area contributed by atoms with Crippen LogP contribution in [0.4, 0.5) is 0 Å². The third-order valence-corrected chi connectivity index (χ3v) is 7.53. The molecule has 0 aliphatic heterocycles. The molecule has 0 spiro atoms. The van der Waals surface area contributed by atoms with Gasteiger partial charge in [-0.3, -0.25) is 4.48 Å². The monoisotopic (exact) mass is 497 g/mol. The Labute approximate surface area is 213 Å². The first-order valence-electron chi connectivity index (χ1n) is 13.8. The maximum atomic E-state index is 11.8. The summed E-state index contributed by atoms with van der Waals surface area (Å²) in [7, 11) is 0. The van der Waals surface area contributed by atoms with E-state index in [0.717, 1.165) is 25.7 Å². The van der Waals surface area contributed by atoms with Crippen molar-refractivity contribution in [3.05, 3.63) is 12.2 Å². The molecule has 0 fully saturated rings. The number of quaternary nitrogens is 1. The Hall–Kier alpha value is -1.89. The van der Waals surface area contributed by atoms with E-state index in [1.165, 1.54) is 85.0 Å². The van der Waals surface area contributed by atoms with E-state index < -0.39 is 40.5 Å². The summed E-state index contributed by atoms with van der Waals surface area (Å²) in [6.07, 6.45) is 21.9. The summed E-state index contributed by atoms with van der Waals surface area (Å²) in [4.78, 5) is 35.2. The van der Waals surface area contributed by atoms with Crippen molar-refractivity contribution in [1.29, 1.82) is 0 Å². The fourth-order valence-corrected chi connectivity index (χ4v) is 5.00. The van der Waals surface area contributed by atoms with Crippen LogP contribution < -0.4 is 5.11 Å². The van der Waals surface area contributed by atoms with Crippen LogP contribution in [0.2, 0.25) is 0 Å². The molecule has 3 unspecified atom stereocenters. The Morgan fingerprint density at radius 1 is 0.657 bits per heavy atom. The van der Waals surface area contributed by atoms with Crippen LogP contribution in [-0.2, 0) is 14.4 Å². The number of allylic oxidation sites excluding steroid dienone is 2. The summed E-state index contributed by atoms with van der Waals surface area (Å²) in [5, 5.41) is 30.8. The third-order valence-electron chi connectivity index (χ3n) is 7.53. The molecular weight excluding hydrogens is 446 g/mol. The molecule has 7 nitrogen and oxygen atoms in total. The number of carbonyl (C=O) groups excluding carboxylic acids is 1. The highest BCUT2D eigenvalue weighted by Crippen LogP contribution is 2.27. The highest BCUT2D eigenvalue weighted by atomic mass is 16.4. The standard InChI is InChI=1S/C28H51NO6/c1-5-6-7-8-9-10-11-12-13-14-15-16-17-18-19-20-21-22-29(23(2)26(30)31,24(3)27(32)33)25(4)28(34)35/h16-17,23-25H,5-15,18-22H2,1-4H3,(H2-,30,31,32,33,34,35)/b17-16+. The van der Waals surface area contributed by atoms with Crippen molar-refractivity contribution in [3.8, 4) is 0 Å². The van der Waals surface area contributed by atoms with E-state index in [1.807, 2.05) is 0 Å². The van der Waals surface area contributed by atoms with Crippen LogP contribution in [0.15, 0.2) is 12.2 Å². The number of unbranched alkanes of at least 4 members (excludes halogenated alkanes) is 13. The first kappa shape index (κ1) is 33.1. The summed E-state index contributed by atoms with van der Waals surface area (Å²) >= 11 is 0.